The number of nitrogens with two attached hydrogens (primary N) is 1. The molecule has 0 aliphatic carbocycles. The Morgan fingerprint density at radius 2 is 2.06 bits per heavy atom. The van der Waals surface area contributed by atoms with E-state index in [4.69, 9.17) is 5.73 Å². The molecule has 0 saturated heterocycles. The van der Waals surface area contributed by atoms with E-state index in [9.17, 15) is 0 Å². The van der Waals surface area contributed by atoms with Gasteiger partial charge in [0.1, 0.15) is 0 Å². The Balaban J connectivity index is 2.39. The molecule has 1 aromatic heterocycles. The molecular formula is C13H17N3. The molecule has 2 aromatic rings. The molecule has 1 aromatic carbocycles. The van der Waals surface area contributed by atoms with Crippen molar-refractivity contribution in [3.63, 3.8) is 0 Å². The minimum atomic E-state index is 0.268. The van der Waals surface area contributed by atoms with E-state index in [2.05, 4.69) is 29.5 Å². The number of aryl methyl sites for hydroxylation is 1. The lowest BCUT2D eigenvalue weighted by atomic mass is 10.1. The number of imidazole rings is 1. The molecule has 0 saturated carbocycles. The first kappa shape index (κ1) is 10.7. The highest BCUT2D eigenvalue weighted by molar-refractivity contribution is 5.41. The molecule has 0 radical (unpaired) electrons. The molecule has 3 heteroatoms. The summed E-state index contributed by atoms with van der Waals surface area (Å²) in [7, 11) is 0. The SMILES string of the molecule is Cc1ncn(C(C)c2cccc(N)c2)c1C. The lowest BCUT2D eigenvalue weighted by molar-refractivity contribution is 0.622. The summed E-state index contributed by atoms with van der Waals surface area (Å²) in [5, 5.41) is 0. The van der Waals surface area contributed by atoms with Crippen LogP contribution in [0.1, 0.15) is 29.9 Å². The minimum Gasteiger partial charge on any atom is -0.399 e. The van der Waals surface area contributed by atoms with E-state index in [0.717, 1.165) is 11.4 Å². The van der Waals surface area contributed by atoms with E-state index >= 15 is 0 Å². The molecule has 0 aliphatic heterocycles. The predicted octanol–water partition coefficient (Wildman–Crippen LogP) is 2.69. The van der Waals surface area contributed by atoms with Gasteiger partial charge in [-0.1, -0.05) is 12.1 Å². The average molecular weight is 215 g/mol. The van der Waals surface area contributed by atoms with Crippen LogP contribution < -0.4 is 5.73 Å². The number of hydrogen-bond donors (Lipinski definition) is 1. The number of rotatable bonds is 2. The van der Waals surface area contributed by atoms with Gasteiger partial charge in [-0.05, 0) is 38.5 Å². The summed E-state index contributed by atoms with van der Waals surface area (Å²) in [6.45, 7) is 6.27. The third kappa shape index (κ3) is 1.81. The van der Waals surface area contributed by atoms with Crippen molar-refractivity contribution in [1.82, 2.24) is 9.55 Å². The number of nitrogens with zero attached hydrogens (tertiary/aromatic N) is 2. The van der Waals surface area contributed by atoms with Gasteiger partial charge in [0.25, 0.3) is 0 Å². The quantitative estimate of drug-likeness (QED) is 0.783. The van der Waals surface area contributed by atoms with Crippen LogP contribution in [0.25, 0.3) is 0 Å². The highest BCUT2D eigenvalue weighted by atomic mass is 15.1. The molecule has 1 unspecified atom stereocenters. The van der Waals surface area contributed by atoms with E-state index in [1.54, 1.807) is 0 Å². The van der Waals surface area contributed by atoms with Crippen LogP contribution in [0.4, 0.5) is 5.69 Å². The van der Waals surface area contributed by atoms with Gasteiger partial charge >= 0.3 is 0 Å². The van der Waals surface area contributed by atoms with Gasteiger partial charge in [-0.15, -0.1) is 0 Å². The van der Waals surface area contributed by atoms with Crippen LogP contribution in [-0.2, 0) is 0 Å². The summed E-state index contributed by atoms with van der Waals surface area (Å²) in [5.41, 5.74) is 10.1. The van der Waals surface area contributed by atoms with Crippen LogP contribution in [-0.4, -0.2) is 9.55 Å². The number of aromatic nitrogens is 2. The third-order valence-electron chi connectivity index (χ3n) is 3.10. The van der Waals surface area contributed by atoms with Gasteiger partial charge in [0, 0.05) is 11.4 Å². The van der Waals surface area contributed by atoms with Gasteiger partial charge in [0.05, 0.1) is 18.1 Å². The molecule has 84 valence electrons. The Labute approximate surface area is 95.9 Å². The summed E-state index contributed by atoms with van der Waals surface area (Å²) in [6.07, 6.45) is 1.89. The first-order chi connectivity index (χ1) is 7.59. The maximum absolute atomic E-state index is 5.79. The second-order valence-electron chi connectivity index (χ2n) is 4.17. The molecule has 1 atom stereocenters. The van der Waals surface area contributed by atoms with Gasteiger partial charge in [-0.2, -0.15) is 0 Å². The molecular weight excluding hydrogens is 198 g/mol. The Morgan fingerprint density at radius 3 is 2.62 bits per heavy atom. The second kappa shape index (κ2) is 4.00. The van der Waals surface area contributed by atoms with Crippen molar-refractivity contribution in [2.24, 2.45) is 0 Å². The Kier molecular flexibility index (Phi) is 2.69. The Morgan fingerprint density at radius 1 is 1.31 bits per heavy atom. The fourth-order valence-electron chi connectivity index (χ4n) is 1.89. The fraction of sp³-hybridized carbons (Fsp3) is 0.308. The van der Waals surface area contributed by atoms with Gasteiger partial charge in [-0.3, -0.25) is 0 Å². The molecule has 0 fully saturated rings. The molecule has 1 heterocycles. The van der Waals surface area contributed by atoms with Gasteiger partial charge in [0.15, 0.2) is 0 Å². The van der Waals surface area contributed by atoms with Crippen molar-refractivity contribution in [3.05, 3.63) is 47.5 Å². The minimum absolute atomic E-state index is 0.268. The van der Waals surface area contributed by atoms with Crippen molar-refractivity contribution in [3.8, 4) is 0 Å². The maximum Gasteiger partial charge on any atom is 0.0957 e. The lowest BCUT2D eigenvalue weighted by Gasteiger charge is -2.16. The average Bonchev–Trinajstić information content (AvgIpc) is 2.59. The van der Waals surface area contributed by atoms with Crippen molar-refractivity contribution >= 4 is 5.69 Å². The Hall–Kier alpha value is -1.77. The number of benzene rings is 1. The first-order valence-electron chi connectivity index (χ1n) is 5.45. The largest absolute Gasteiger partial charge is 0.399 e. The molecule has 2 N–H and O–H groups in total. The summed E-state index contributed by atoms with van der Waals surface area (Å²) < 4.78 is 2.17. The highest BCUT2D eigenvalue weighted by Crippen LogP contribution is 2.22. The fourth-order valence-corrected chi connectivity index (χ4v) is 1.89. The van der Waals surface area contributed by atoms with Crippen LogP contribution >= 0.6 is 0 Å². The Bertz CT molecular complexity index is 500. The van der Waals surface area contributed by atoms with E-state index in [1.165, 1.54) is 11.3 Å². The lowest BCUT2D eigenvalue weighted by Crippen LogP contribution is -2.07. The van der Waals surface area contributed by atoms with E-state index in [1.807, 2.05) is 31.5 Å². The number of hydrogen-bond acceptors (Lipinski definition) is 2. The monoisotopic (exact) mass is 215 g/mol. The molecule has 2 rings (SSSR count). The zero-order valence-corrected chi connectivity index (χ0v) is 9.94. The van der Waals surface area contributed by atoms with E-state index < -0.39 is 0 Å². The molecule has 16 heavy (non-hydrogen) atoms. The smallest absolute Gasteiger partial charge is 0.0957 e. The highest BCUT2D eigenvalue weighted by Gasteiger charge is 2.11. The molecule has 0 aliphatic rings. The van der Waals surface area contributed by atoms with Crippen molar-refractivity contribution in [2.75, 3.05) is 5.73 Å². The predicted molar refractivity (Wildman–Crippen MR) is 66.4 cm³/mol. The first-order valence-corrected chi connectivity index (χ1v) is 5.45. The van der Waals surface area contributed by atoms with Crippen LogP contribution in [0.15, 0.2) is 30.6 Å². The zero-order valence-electron chi connectivity index (χ0n) is 9.94. The normalized spacial score (nSPS) is 12.7. The van der Waals surface area contributed by atoms with Crippen LogP contribution in [0.2, 0.25) is 0 Å². The second-order valence-corrected chi connectivity index (χ2v) is 4.17. The van der Waals surface area contributed by atoms with Crippen molar-refractivity contribution < 1.29 is 0 Å². The summed E-state index contributed by atoms with van der Waals surface area (Å²) in [6, 6.07) is 8.27. The van der Waals surface area contributed by atoms with Gasteiger partial charge in [-0.25, -0.2) is 4.98 Å². The summed E-state index contributed by atoms with van der Waals surface area (Å²) >= 11 is 0. The summed E-state index contributed by atoms with van der Waals surface area (Å²) in [5.74, 6) is 0. The number of nitrogen functional groups attached to an aromatic ring is 1. The van der Waals surface area contributed by atoms with Crippen LogP contribution in [0.3, 0.4) is 0 Å². The molecule has 0 spiro atoms. The van der Waals surface area contributed by atoms with E-state index in [-0.39, 0.29) is 6.04 Å². The number of anilines is 1. The maximum atomic E-state index is 5.79. The molecule has 0 bridgehead atoms. The van der Waals surface area contributed by atoms with Crippen LogP contribution in [0, 0.1) is 13.8 Å². The van der Waals surface area contributed by atoms with Crippen LogP contribution in [0.5, 0.6) is 0 Å². The van der Waals surface area contributed by atoms with Gasteiger partial charge in [0.2, 0.25) is 0 Å². The molecule has 0 amide bonds. The topological polar surface area (TPSA) is 43.8 Å². The van der Waals surface area contributed by atoms with Crippen molar-refractivity contribution in [2.45, 2.75) is 26.8 Å². The summed E-state index contributed by atoms with van der Waals surface area (Å²) in [4.78, 5) is 4.32. The zero-order chi connectivity index (χ0) is 11.7. The van der Waals surface area contributed by atoms with Crippen molar-refractivity contribution in [1.29, 1.82) is 0 Å². The molecule has 3 nitrogen and oxygen atoms in total. The van der Waals surface area contributed by atoms with Gasteiger partial charge < -0.3 is 10.3 Å². The standard InChI is InChI=1S/C13H17N3/c1-9-10(2)16(8-15-9)11(3)12-5-4-6-13(14)7-12/h4-8,11H,14H2,1-3H3. The van der Waals surface area contributed by atoms with E-state index in [0.29, 0.717) is 0 Å². The third-order valence-corrected chi connectivity index (χ3v) is 3.10.